The second-order valence-corrected chi connectivity index (χ2v) is 7.48. The fraction of sp³-hybridized carbons (Fsp3) is 0.333. The number of anilines is 2. The number of benzene rings is 2. The van der Waals surface area contributed by atoms with Crippen molar-refractivity contribution in [3.63, 3.8) is 0 Å². The number of rotatable bonds is 2. The summed E-state index contributed by atoms with van der Waals surface area (Å²) in [5.41, 5.74) is 5.20. The lowest BCUT2D eigenvalue weighted by molar-refractivity contribution is -0.133. The zero-order valence-electron chi connectivity index (χ0n) is 15.8. The molecule has 0 unspecified atom stereocenters. The Labute approximate surface area is 149 Å². The number of aryl methyl sites for hydroxylation is 3. The molecule has 0 bridgehead atoms. The van der Waals surface area contributed by atoms with E-state index >= 15 is 0 Å². The highest BCUT2D eigenvalue weighted by Gasteiger charge is 2.21. The quantitative estimate of drug-likeness (QED) is 0.793. The van der Waals surface area contributed by atoms with E-state index in [1.807, 2.05) is 57.2 Å². The summed E-state index contributed by atoms with van der Waals surface area (Å²) in [5, 5.41) is 5.47. The van der Waals surface area contributed by atoms with Crippen molar-refractivity contribution < 1.29 is 9.59 Å². The van der Waals surface area contributed by atoms with E-state index in [9.17, 15) is 9.59 Å². The largest absolute Gasteiger partial charge is 0.318 e. The van der Waals surface area contributed by atoms with Crippen molar-refractivity contribution in [3.8, 4) is 0 Å². The first-order chi connectivity index (χ1) is 11.6. The van der Waals surface area contributed by atoms with E-state index in [-0.39, 0.29) is 5.41 Å². The molecular formula is C21H26N2O2. The first-order valence-corrected chi connectivity index (χ1v) is 8.39. The summed E-state index contributed by atoms with van der Waals surface area (Å²) in [5.74, 6) is -1.34. The first-order valence-electron chi connectivity index (χ1n) is 8.39. The van der Waals surface area contributed by atoms with Crippen molar-refractivity contribution in [2.75, 3.05) is 10.6 Å². The van der Waals surface area contributed by atoms with Crippen LogP contribution in [0.25, 0.3) is 0 Å². The molecule has 0 atom stereocenters. The Bertz CT molecular complexity index is 794. The lowest BCUT2D eigenvalue weighted by Gasteiger charge is -2.23. The van der Waals surface area contributed by atoms with Gasteiger partial charge in [-0.25, -0.2) is 0 Å². The molecule has 2 aromatic rings. The van der Waals surface area contributed by atoms with E-state index in [1.165, 1.54) is 0 Å². The van der Waals surface area contributed by atoms with Crippen molar-refractivity contribution in [2.45, 2.75) is 47.0 Å². The molecule has 0 aliphatic heterocycles. The SMILES string of the molecule is Cc1cc(C)c(NC(=O)C(=O)Nc2ccccc2C(C)(C)C)c(C)c1. The van der Waals surface area contributed by atoms with Gasteiger partial charge in [-0.2, -0.15) is 0 Å². The fourth-order valence-corrected chi connectivity index (χ4v) is 2.97. The predicted octanol–water partition coefficient (Wildman–Crippen LogP) is 4.49. The highest BCUT2D eigenvalue weighted by molar-refractivity contribution is 6.43. The minimum atomic E-state index is -0.670. The molecule has 0 aliphatic carbocycles. The maximum Gasteiger partial charge on any atom is 0.314 e. The molecule has 25 heavy (non-hydrogen) atoms. The summed E-state index contributed by atoms with van der Waals surface area (Å²) in [6.45, 7) is 12.0. The van der Waals surface area contributed by atoms with E-state index in [1.54, 1.807) is 0 Å². The van der Waals surface area contributed by atoms with E-state index in [0.717, 1.165) is 22.3 Å². The van der Waals surface area contributed by atoms with E-state index in [2.05, 4.69) is 31.4 Å². The molecule has 0 heterocycles. The Hall–Kier alpha value is -2.62. The molecule has 2 N–H and O–H groups in total. The van der Waals surface area contributed by atoms with Gasteiger partial charge in [-0.05, 0) is 48.9 Å². The van der Waals surface area contributed by atoms with Gasteiger partial charge in [-0.1, -0.05) is 56.7 Å². The van der Waals surface area contributed by atoms with Crippen LogP contribution in [0.2, 0.25) is 0 Å². The monoisotopic (exact) mass is 338 g/mol. The van der Waals surface area contributed by atoms with Gasteiger partial charge >= 0.3 is 11.8 Å². The van der Waals surface area contributed by atoms with Crippen molar-refractivity contribution >= 4 is 23.2 Å². The minimum Gasteiger partial charge on any atom is -0.318 e. The third kappa shape index (κ3) is 4.47. The molecule has 2 rings (SSSR count). The summed E-state index contributed by atoms with van der Waals surface area (Å²) >= 11 is 0. The maximum absolute atomic E-state index is 12.4. The molecule has 2 amide bonds. The highest BCUT2D eigenvalue weighted by atomic mass is 16.2. The molecule has 0 saturated carbocycles. The Morgan fingerprint density at radius 3 is 1.92 bits per heavy atom. The van der Waals surface area contributed by atoms with Crippen LogP contribution in [0.1, 0.15) is 43.0 Å². The molecule has 0 fully saturated rings. The second-order valence-electron chi connectivity index (χ2n) is 7.48. The highest BCUT2D eigenvalue weighted by Crippen LogP contribution is 2.29. The smallest absolute Gasteiger partial charge is 0.314 e. The van der Waals surface area contributed by atoms with Crippen molar-refractivity contribution in [1.29, 1.82) is 0 Å². The summed E-state index contributed by atoms with van der Waals surface area (Å²) in [6.07, 6.45) is 0. The van der Waals surface area contributed by atoms with E-state index < -0.39 is 11.8 Å². The lowest BCUT2D eigenvalue weighted by Crippen LogP contribution is -2.30. The van der Waals surface area contributed by atoms with Crippen molar-refractivity contribution in [2.24, 2.45) is 0 Å². The number of para-hydroxylation sites is 1. The summed E-state index contributed by atoms with van der Waals surface area (Å²) in [6, 6.07) is 11.5. The van der Waals surface area contributed by atoms with Crippen molar-refractivity contribution in [3.05, 3.63) is 58.7 Å². The molecule has 0 saturated heterocycles. The number of hydrogen-bond acceptors (Lipinski definition) is 2. The van der Waals surface area contributed by atoms with Crippen LogP contribution in [-0.4, -0.2) is 11.8 Å². The third-order valence-corrected chi connectivity index (χ3v) is 4.11. The normalized spacial score (nSPS) is 11.1. The molecule has 0 spiro atoms. The van der Waals surface area contributed by atoms with Gasteiger partial charge in [-0.15, -0.1) is 0 Å². The van der Waals surface area contributed by atoms with Crippen LogP contribution in [0.4, 0.5) is 11.4 Å². The van der Waals surface area contributed by atoms with Crippen molar-refractivity contribution in [1.82, 2.24) is 0 Å². The minimum absolute atomic E-state index is 0.134. The average Bonchev–Trinajstić information content (AvgIpc) is 2.50. The maximum atomic E-state index is 12.4. The van der Waals surface area contributed by atoms with Crippen LogP contribution < -0.4 is 10.6 Å². The standard InChI is InChI=1S/C21H26N2O2/c1-13-11-14(2)18(15(3)12-13)23-20(25)19(24)22-17-10-8-7-9-16(17)21(4,5)6/h7-12H,1-6H3,(H,22,24)(H,23,25). The Balaban J connectivity index is 2.19. The molecular weight excluding hydrogens is 312 g/mol. The Morgan fingerprint density at radius 2 is 1.36 bits per heavy atom. The average molecular weight is 338 g/mol. The number of hydrogen-bond donors (Lipinski definition) is 2. The van der Waals surface area contributed by atoms with Gasteiger partial charge in [0.2, 0.25) is 0 Å². The molecule has 4 heteroatoms. The van der Waals surface area contributed by atoms with Crippen LogP contribution >= 0.6 is 0 Å². The molecule has 0 radical (unpaired) electrons. The molecule has 132 valence electrons. The van der Waals surface area contributed by atoms with Crippen LogP contribution in [0.3, 0.4) is 0 Å². The van der Waals surface area contributed by atoms with Gasteiger partial charge in [-0.3, -0.25) is 9.59 Å². The Morgan fingerprint density at radius 1 is 0.840 bits per heavy atom. The number of carbonyl (C=O) groups is 2. The van der Waals surface area contributed by atoms with E-state index in [0.29, 0.717) is 11.4 Å². The summed E-state index contributed by atoms with van der Waals surface area (Å²) in [4.78, 5) is 24.7. The molecule has 2 aromatic carbocycles. The zero-order chi connectivity index (χ0) is 18.8. The first kappa shape index (κ1) is 18.7. The summed E-state index contributed by atoms with van der Waals surface area (Å²) in [7, 11) is 0. The lowest BCUT2D eigenvalue weighted by atomic mass is 9.86. The van der Waals surface area contributed by atoms with Gasteiger partial charge in [0, 0.05) is 11.4 Å². The zero-order valence-corrected chi connectivity index (χ0v) is 15.8. The van der Waals surface area contributed by atoms with Gasteiger partial charge in [0.15, 0.2) is 0 Å². The third-order valence-electron chi connectivity index (χ3n) is 4.11. The van der Waals surface area contributed by atoms with E-state index in [4.69, 9.17) is 0 Å². The van der Waals surface area contributed by atoms with Crippen LogP contribution in [-0.2, 0) is 15.0 Å². The van der Waals surface area contributed by atoms with Crippen LogP contribution in [0.5, 0.6) is 0 Å². The predicted molar refractivity (Wildman–Crippen MR) is 103 cm³/mol. The van der Waals surface area contributed by atoms with Crippen LogP contribution in [0.15, 0.2) is 36.4 Å². The van der Waals surface area contributed by atoms with Gasteiger partial charge in [0.25, 0.3) is 0 Å². The Kier molecular flexibility index (Phi) is 5.31. The number of nitrogens with one attached hydrogen (secondary N) is 2. The van der Waals surface area contributed by atoms with Gasteiger partial charge in [0.05, 0.1) is 0 Å². The molecule has 0 aliphatic rings. The number of carbonyl (C=O) groups excluding carboxylic acids is 2. The number of amides is 2. The second kappa shape index (κ2) is 7.09. The molecule has 4 nitrogen and oxygen atoms in total. The van der Waals surface area contributed by atoms with Crippen LogP contribution in [0, 0.1) is 20.8 Å². The molecule has 0 aromatic heterocycles. The topological polar surface area (TPSA) is 58.2 Å². The van der Waals surface area contributed by atoms with Gasteiger partial charge < -0.3 is 10.6 Å². The fourth-order valence-electron chi connectivity index (χ4n) is 2.97. The van der Waals surface area contributed by atoms with Gasteiger partial charge in [0.1, 0.15) is 0 Å². The summed E-state index contributed by atoms with van der Waals surface area (Å²) < 4.78 is 0.